The maximum absolute atomic E-state index is 13.6. The highest BCUT2D eigenvalue weighted by Crippen LogP contribution is 2.32. The first-order valence-corrected chi connectivity index (χ1v) is 12.2. The number of hydrogen-bond donors (Lipinski definition) is 0. The van der Waals surface area contributed by atoms with Crippen LogP contribution in [0.3, 0.4) is 0 Å². The molecule has 10 heteroatoms. The molecule has 0 radical (unpaired) electrons. The molecule has 3 aromatic heterocycles. The van der Waals surface area contributed by atoms with Crippen LogP contribution in [0.4, 0.5) is 10.4 Å². The summed E-state index contributed by atoms with van der Waals surface area (Å²) in [5, 5.41) is 4.65. The van der Waals surface area contributed by atoms with Crippen molar-refractivity contribution < 1.29 is 13.7 Å². The lowest BCUT2D eigenvalue weighted by Gasteiger charge is -2.33. The van der Waals surface area contributed by atoms with E-state index in [0.717, 1.165) is 42.1 Å². The molecule has 0 bridgehead atoms. The number of fused-ring (bicyclic) bond motifs is 1. The standard InChI is InChI=1S/C24H29FN6O2S/c1-6-16(13-20(25)26-5)18-7-8-19-22(27-18)34-24(28-19)32-15(4)17-9-11-31(12-10-17)23-29-21(14(2)3)30-33-23/h6-8,13-15,17H,5,9-12H2,1-4H3/b16-6+,20-13-. The minimum Gasteiger partial charge on any atom is -0.467 e. The topological polar surface area (TPSA) is 89.5 Å². The lowest BCUT2D eigenvalue weighted by atomic mass is 9.92. The molecule has 4 rings (SSSR count). The van der Waals surface area contributed by atoms with Crippen molar-refractivity contribution in [3.8, 4) is 5.19 Å². The molecule has 1 aliphatic heterocycles. The van der Waals surface area contributed by atoms with Crippen molar-refractivity contribution in [3.05, 3.63) is 41.8 Å². The highest BCUT2D eigenvalue weighted by molar-refractivity contribution is 7.19. The van der Waals surface area contributed by atoms with Crippen molar-refractivity contribution in [2.45, 2.75) is 52.6 Å². The lowest BCUT2D eigenvalue weighted by Crippen LogP contribution is -2.38. The Morgan fingerprint density at radius 1 is 1.26 bits per heavy atom. The highest BCUT2D eigenvalue weighted by Gasteiger charge is 2.28. The second kappa shape index (κ2) is 10.4. The van der Waals surface area contributed by atoms with Crippen molar-refractivity contribution >= 4 is 40.0 Å². The number of aliphatic imine (C=N–C) groups is 1. The molecule has 34 heavy (non-hydrogen) atoms. The van der Waals surface area contributed by atoms with Gasteiger partial charge in [0, 0.05) is 30.7 Å². The number of aromatic nitrogens is 4. The fourth-order valence-corrected chi connectivity index (χ4v) is 4.76. The summed E-state index contributed by atoms with van der Waals surface area (Å²) in [6.45, 7) is 12.9. The zero-order chi connectivity index (χ0) is 24.2. The van der Waals surface area contributed by atoms with Gasteiger partial charge in [-0.05, 0) is 51.5 Å². The number of ether oxygens (including phenoxy) is 1. The maximum Gasteiger partial charge on any atom is 0.324 e. The third kappa shape index (κ3) is 5.32. The molecule has 1 saturated heterocycles. The third-order valence-electron chi connectivity index (χ3n) is 5.98. The van der Waals surface area contributed by atoms with Gasteiger partial charge in [-0.1, -0.05) is 36.4 Å². The lowest BCUT2D eigenvalue weighted by molar-refractivity contribution is 0.131. The van der Waals surface area contributed by atoms with Crippen molar-refractivity contribution in [3.63, 3.8) is 0 Å². The smallest absolute Gasteiger partial charge is 0.324 e. The Balaban J connectivity index is 1.39. The number of rotatable bonds is 8. The molecule has 3 aromatic rings. The van der Waals surface area contributed by atoms with E-state index in [0.29, 0.717) is 28.4 Å². The Labute approximate surface area is 202 Å². The van der Waals surface area contributed by atoms with E-state index in [1.165, 1.54) is 17.4 Å². The molecule has 180 valence electrons. The predicted molar refractivity (Wildman–Crippen MR) is 133 cm³/mol. The van der Waals surface area contributed by atoms with Gasteiger partial charge in [-0.15, -0.1) is 0 Å². The fraction of sp³-hybridized carbons (Fsp3) is 0.458. The molecule has 1 atom stereocenters. The van der Waals surface area contributed by atoms with Crippen LogP contribution in [-0.2, 0) is 0 Å². The number of allylic oxidation sites excluding steroid dienone is 3. The molecule has 0 aliphatic carbocycles. The molecular weight excluding hydrogens is 455 g/mol. The summed E-state index contributed by atoms with van der Waals surface area (Å²) < 4.78 is 25.2. The largest absolute Gasteiger partial charge is 0.467 e. The SMILES string of the molecule is C=N/C(F)=C\C(=C/C)c1ccc2nc(OC(C)C3CCN(c4nc(C(C)C)no4)CC3)sc2n1. The quantitative estimate of drug-likeness (QED) is 0.227. The van der Waals surface area contributed by atoms with E-state index in [2.05, 4.69) is 57.5 Å². The molecule has 0 spiro atoms. The molecule has 0 aromatic carbocycles. The second-order valence-corrected chi connectivity index (χ2v) is 9.55. The van der Waals surface area contributed by atoms with Crippen LogP contribution in [0, 0.1) is 5.92 Å². The van der Waals surface area contributed by atoms with Gasteiger partial charge < -0.3 is 14.2 Å². The Morgan fingerprint density at radius 3 is 2.68 bits per heavy atom. The summed E-state index contributed by atoms with van der Waals surface area (Å²) in [5.41, 5.74) is 2.03. The number of halogens is 1. The number of thiazole rings is 1. The van der Waals surface area contributed by atoms with Crippen LogP contribution in [0.5, 0.6) is 5.19 Å². The van der Waals surface area contributed by atoms with Crippen LogP contribution in [-0.4, -0.2) is 46.0 Å². The first-order valence-electron chi connectivity index (χ1n) is 11.4. The summed E-state index contributed by atoms with van der Waals surface area (Å²) in [7, 11) is 0. The molecule has 0 amide bonds. The second-order valence-electron chi connectivity index (χ2n) is 8.61. The number of nitrogens with zero attached hydrogens (tertiary/aromatic N) is 6. The highest BCUT2D eigenvalue weighted by atomic mass is 32.1. The first kappa shape index (κ1) is 24.0. The van der Waals surface area contributed by atoms with E-state index in [-0.39, 0.29) is 12.0 Å². The van der Waals surface area contributed by atoms with Crippen LogP contribution in [0.15, 0.2) is 39.8 Å². The van der Waals surface area contributed by atoms with Crippen LogP contribution in [0.2, 0.25) is 0 Å². The Bertz CT molecular complexity index is 1210. The molecule has 8 nitrogen and oxygen atoms in total. The van der Waals surface area contributed by atoms with E-state index in [1.807, 2.05) is 19.1 Å². The van der Waals surface area contributed by atoms with Gasteiger partial charge in [0.15, 0.2) is 5.82 Å². The van der Waals surface area contributed by atoms with E-state index in [1.54, 1.807) is 6.08 Å². The van der Waals surface area contributed by atoms with Gasteiger partial charge >= 0.3 is 6.01 Å². The van der Waals surface area contributed by atoms with Gasteiger partial charge in [-0.2, -0.15) is 9.37 Å². The first-order chi connectivity index (χ1) is 16.4. The van der Waals surface area contributed by atoms with E-state index in [9.17, 15) is 4.39 Å². The van der Waals surface area contributed by atoms with Crippen LogP contribution in [0.25, 0.3) is 15.9 Å². The predicted octanol–water partition coefficient (Wildman–Crippen LogP) is 5.80. The van der Waals surface area contributed by atoms with Gasteiger partial charge in [0.05, 0.1) is 5.69 Å². The van der Waals surface area contributed by atoms with E-state index in [4.69, 9.17) is 9.26 Å². The summed E-state index contributed by atoms with van der Waals surface area (Å²) in [6.07, 6.45) is 5.04. The average molecular weight is 485 g/mol. The summed E-state index contributed by atoms with van der Waals surface area (Å²) in [6, 6.07) is 4.29. The normalized spacial score (nSPS) is 16.9. The summed E-state index contributed by atoms with van der Waals surface area (Å²) in [4.78, 5) is 19.9. The number of piperidine rings is 1. The minimum atomic E-state index is -0.650. The van der Waals surface area contributed by atoms with Gasteiger partial charge in [-0.3, -0.25) is 0 Å². The van der Waals surface area contributed by atoms with Crippen LogP contribution >= 0.6 is 11.3 Å². The van der Waals surface area contributed by atoms with Crippen molar-refractivity contribution in [1.82, 2.24) is 20.1 Å². The van der Waals surface area contributed by atoms with E-state index < -0.39 is 5.95 Å². The monoisotopic (exact) mass is 484 g/mol. The van der Waals surface area contributed by atoms with Crippen LogP contribution in [0.1, 0.15) is 58.0 Å². The van der Waals surface area contributed by atoms with Crippen LogP contribution < -0.4 is 9.64 Å². The van der Waals surface area contributed by atoms with Crippen molar-refractivity contribution in [1.29, 1.82) is 0 Å². The zero-order valence-electron chi connectivity index (χ0n) is 19.9. The van der Waals surface area contributed by atoms with Gasteiger partial charge in [0.25, 0.3) is 5.19 Å². The van der Waals surface area contributed by atoms with Gasteiger partial charge in [-0.25, -0.2) is 15.0 Å². The van der Waals surface area contributed by atoms with E-state index >= 15 is 0 Å². The fourth-order valence-electron chi connectivity index (χ4n) is 3.89. The van der Waals surface area contributed by atoms with Gasteiger partial charge in [0.2, 0.25) is 5.95 Å². The molecular formula is C24H29FN6O2S. The minimum absolute atomic E-state index is 0.0119. The Kier molecular flexibility index (Phi) is 7.35. The molecule has 1 aliphatic rings. The van der Waals surface area contributed by atoms with Crippen molar-refractivity contribution in [2.24, 2.45) is 10.9 Å². The number of anilines is 1. The van der Waals surface area contributed by atoms with Crippen molar-refractivity contribution in [2.75, 3.05) is 18.0 Å². The maximum atomic E-state index is 13.6. The molecule has 1 unspecified atom stereocenters. The number of pyridine rings is 1. The molecule has 1 fully saturated rings. The summed E-state index contributed by atoms with van der Waals surface area (Å²) >= 11 is 1.39. The summed E-state index contributed by atoms with van der Waals surface area (Å²) in [5.74, 6) is 0.728. The average Bonchev–Trinajstić information content (AvgIpc) is 3.49. The number of hydrogen-bond acceptors (Lipinski definition) is 9. The molecule has 4 heterocycles. The Hall–Kier alpha value is -3.14. The Morgan fingerprint density at radius 2 is 2.03 bits per heavy atom. The third-order valence-corrected chi connectivity index (χ3v) is 6.83. The molecule has 0 saturated carbocycles. The van der Waals surface area contributed by atoms with Gasteiger partial charge in [0.1, 0.15) is 16.5 Å². The molecule has 0 N–H and O–H groups in total. The zero-order valence-corrected chi connectivity index (χ0v) is 20.7.